The number of aliphatic carboxylic acids is 1. The van der Waals surface area contributed by atoms with Crippen LogP contribution in [0.4, 0.5) is 0 Å². The molecule has 118 valence electrons. The molecule has 0 bridgehead atoms. The Labute approximate surface area is 120 Å². The van der Waals surface area contributed by atoms with Gasteiger partial charge in [0.1, 0.15) is 22.0 Å². The van der Waals surface area contributed by atoms with Gasteiger partial charge in [0.2, 0.25) is 10.0 Å². The predicted molar refractivity (Wildman–Crippen MR) is 68.4 cm³/mol. The van der Waals surface area contributed by atoms with E-state index in [9.17, 15) is 18.0 Å². The van der Waals surface area contributed by atoms with Crippen LogP contribution in [0.1, 0.15) is 21.9 Å². The van der Waals surface area contributed by atoms with Gasteiger partial charge in [-0.2, -0.15) is 0 Å². The SMILES string of the molecule is COC(=O)c1c(C)oc(C)c1S(=O)(=O)NCC(O)C(=O)O. The number of sulfonamides is 1. The Hall–Kier alpha value is -1.91. The van der Waals surface area contributed by atoms with Crippen LogP contribution in [0.3, 0.4) is 0 Å². The first-order chi connectivity index (χ1) is 9.61. The van der Waals surface area contributed by atoms with E-state index in [0.29, 0.717) is 0 Å². The Balaban J connectivity index is 3.20. The van der Waals surface area contributed by atoms with E-state index >= 15 is 0 Å². The molecule has 0 fully saturated rings. The number of methoxy groups -OCH3 is 1. The fourth-order valence-electron chi connectivity index (χ4n) is 1.67. The van der Waals surface area contributed by atoms with Gasteiger partial charge < -0.3 is 19.4 Å². The highest BCUT2D eigenvalue weighted by molar-refractivity contribution is 7.89. The molecule has 1 unspecified atom stereocenters. The maximum atomic E-state index is 12.2. The zero-order chi connectivity index (χ0) is 16.4. The summed E-state index contributed by atoms with van der Waals surface area (Å²) in [6.07, 6.45) is -1.91. The monoisotopic (exact) mass is 321 g/mol. The minimum absolute atomic E-state index is 0.0507. The van der Waals surface area contributed by atoms with Crippen molar-refractivity contribution in [2.45, 2.75) is 24.8 Å². The fourth-order valence-corrected chi connectivity index (χ4v) is 3.11. The molecule has 0 aromatic carbocycles. The molecular weight excluding hydrogens is 306 g/mol. The highest BCUT2D eigenvalue weighted by Gasteiger charge is 2.32. The summed E-state index contributed by atoms with van der Waals surface area (Å²) >= 11 is 0. The molecule has 10 heteroatoms. The summed E-state index contributed by atoms with van der Waals surface area (Å²) in [6.45, 7) is 1.98. The van der Waals surface area contributed by atoms with Crippen molar-refractivity contribution >= 4 is 22.0 Å². The molecule has 0 aliphatic rings. The van der Waals surface area contributed by atoms with Gasteiger partial charge in [0.25, 0.3) is 0 Å². The lowest BCUT2D eigenvalue weighted by Crippen LogP contribution is -2.37. The molecule has 0 radical (unpaired) electrons. The third-order valence-electron chi connectivity index (χ3n) is 2.62. The van der Waals surface area contributed by atoms with Crippen LogP contribution in [0.25, 0.3) is 0 Å². The van der Waals surface area contributed by atoms with Crippen LogP contribution in [0.5, 0.6) is 0 Å². The number of hydrogen-bond donors (Lipinski definition) is 3. The Bertz CT molecular complexity index is 660. The van der Waals surface area contributed by atoms with Crippen LogP contribution in [-0.2, 0) is 19.6 Å². The van der Waals surface area contributed by atoms with E-state index in [4.69, 9.17) is 14.6 Å². The quantitative estimate of drug-likeness (QED) is 0.590. The molecule has 1 aromatic heterocycles. The van der Waals surface area contributed by atoms with Crippen molar-refractivity contribution in [1.82, 2.24) is 4.72 Å². The first-order valence-electron chi connectivity index (χ1n) is 5.70. The minimum atomic E-state index is -4.25. The lowest BCUT2D eigenvalue weighted by atomic mass is 10.2. The first kappa shape index (κ1) is 17.1. The van der Waals surface area contributed by atoms with Crippen molar-refractivity contribution in [2.75, 3.05) is 13.7 Å². The van der Waals surface area contributed by atoms with Crippen molar-refractivity contribution in [3.63, 3.8) is 0 Å². The molecule has 1 aromatic rings. The van der Waals surface area contributed by atoms with Gasteiger partial charge >= 0.3 is 11.9 Å². The summed E-state index contributed by atoms with van der Waals surface area (Å²) < 4.78 is 35.8. The van der Waals surface area contributed by atoms with Crippen molar-refractivity contribution in [1.29, 1.82) is 0 Å². The zero-order valence-corrected chi connectivity index (χ0v) is 12.4. The molecule has 0 saturated carbocycles. The lowest BCUT2D eigenvalue weighted by Gasteiger charge is -2.09. The number of carboxylic acid groups (broad SMARTS) is 1. The number of nitrogens with one attached hydrogen (secondary N) is 1. The van der Waals surface area contributed by atoms with Gasteiger partial charge in [0, 0.05) is 6.54 Å². The number of aliphatic hydroxyl groups is 1. The average Bonchev–Trinajstić information content (AvgIpc) is 2.70. The smallest absolute Gasteiger partial charge is 0.342 e. The Morgan fingerprint density at radius 1 is 1.33 bits per heavy atom. The molecular formula is C11H15NO8S. The van der Waals surface area contributed by atoms with Gasteiger partial charge in [-0.05, 0) is 13.8 Å². The van der Waals surface area contributed by atoms with Crippen LogP contribution in [0, 0.1) is 13.8 Å². The number of carbonyl (C=O) groups is 2. The molecule has 21 heavy (non-hydrogen) atoms. The largest absolute Gasteiger partial charge is 0.479 e. The van der Waals surface area contributed by atoms with Gasteiger partial charge in [-0.1, -0.05) is 0 Å². The molecule has 1 atom stereocenters. The second-order valence-corrected chi connectivity index (χ2v) is 5.82. The number of furan rings is 1. The number of hydrogen-bond acceptors (Lipinski definition) is 7. The number of aliphatic hydroxyl groups excluding tert-OH is 1. The number of rotatable bonds is 6. The van der Waals surface area contributed by atoms with E-state index < -0.39 is 39.5 Å². The van der Waals surface area contributed by atoms with Crippen molar-refractivity contribution in [2.24, 2.45) is 0 Å². The van der Waals surface area contributed by atoms with Crippen molar-refractivity contribution < 1.29 is 37.4 Å². The normalized spacial score (nSPS) is 13.0. The van der Waals surface area contributed by atoms with E-state index in [-0.39, 0.29) is 17.1 Å². The van der Waals surface area contributed by atoms with E-state index in [0.717, 1.165) is 7.11 Å². The Morgan fingerprint density at radius 2 is 1.90 bits per heavy atom. The van der Waals surface area contributed by atoms with Gasteiger partial charge in [-0.25, -0.2) is 22.7 Å². The maximum Gasteiger partial charge on any atom is 0.342 e. The molecule has 0 aliphatic carbocycles. The second kappa shape index (κ2) is 6.24. The third kappa shape index (κ3) is 3.60. The maximum absolute atomic E-state index is 12.2. The number of carboxylic acids is 1. The number of ether oxygens (including phenoxy) is 1. The summed E-state index contributed by atoms with van der Waals surface area (Å²) in [6, 6.07) is 0. The minimum Gasteiger partial charge on any atom is -0.479 e. The van der Waals surface area contributed by atoms with Gasteiger partial charge in [0.05, 0.1) is 7.11 Å². The Kier molecular flexibility index (Phi) is 5.10. The van der Waals surface area contributed by atoms with Gasteiger partial charge in [0.15, 0.2) is 6.10 Å². The molecule has 9 nitrogen and oxygen atoms in total. The summed E-state index contributed by atoms with van der Waals surface area (Å²) in [7, 11) is -3.17. The zero-order valence-electron chi connectivity index (χ0n) is 11.5. The molecule has 0 saturated heterocycles. The third-order valence-corrected chi connectivity index (χ3v) is 4.19. The summed E-state index contributed by atoms with van der Waals surface area (Å²) in [5.41, 5.74) is -0.271. The van der Waals surface area contributed by atoms with E-state index in [2.05, 4.69) is 4.74 Å². The number of aryl methyl sites for hydroxylation is 2. The predicted octanol–water partition coefficient (Wildman–Crippen LogP) is -0.593. The van der Waals surface area contributed by atoms with Crippen LogP contribution >= 0.6 is 0 Å². The van der Waals surface area contributed by atoms with E-state index in [1.165, 1.54) is 13.8 Å². The van der Waals surface area contributed by atoms with Gasteiger partial charge in [-0.15, -0.1) is 0 Å². The number of carbonyl (C=O) groups excluding carboxylic acids is 1. The second-order valence-electron chi connectivity index (χ2n) is 4.12. The van der Waals surface area contributed by atoms with E-state index in [1.807, 2.05) is 4.72 Å². The molecule has 0 spiro atoms. The van der Waals surface area contributed by atoms with Crippen LogP contribution in [0.15, 0.2) is 9.31 Å². The van der Waals surface area contributed by atoms with Gasteiger partial charge in [-0.3, -0.25) is 0 Å². The Morgan fingerprint density at radius 3 is 2.38 bits per heavy atom. The van der Waals surface area contributed by atoms with Crippen LogP contribution in [-0.4, -0.2) is 50.3 Å². The molecule has 0 amide bonds. The highest BCUT2D eigenvalue weighted by atomic mass is 32.2. The van der Waals surface area contributed by atoms with Crippen molar-refractivity contribution in [3.05, 3.63) is 17.1 Å². The summed E-state index contributed by atoms with van der Waals surface area (Å²) in [5, 5.41) is 17.6. The summed E-state index contributed by atoms with van der Waals surface area (Å²) in [4.78, 5) is 21.7. The van der Waals surface area contributed by atoms with Crippen LogP contribution < -0.4 is 4.72 Å². The first-order valence-corrected chi connectivity index (χ1v) is 7.19. The summed E-state index contributed by atoms with van der Waals surface area (Å²) in [5.74, 6) is -2.47. The van der Waals surface area contributed by atoms with Crippen molar-refractivity contribution in [3.8, 4) is 0 Å². The average molecular weight is 321 g/mol. The molecule has 1 heterocycles. The number of esters is 1. The molecule has 1 rings (SSSR count). The molecule has 3 N–H and O–H groups in total. The van der Waals surface area contributed by atoms with Crippen LogP contribution in [0.2, 0.25) is 0 Å². The fraction of sp³-hybridized carbons (Fsp3) is 0.455. The van der Waals surface area contributed by atoms with E-state index in [1.54, 1.807) is 0 Å². The molecule has 0 aliphatic heterocycles. The lowest BCUT2D eigenvalue weighted by molar-refractivity contribution is -0.146. The highest BCUT2D eigenvalue weighted by Crippen LogP contribution is 2.27. The standard InChI is InChI=1S/C11H15NO8S/c1-5-8(11(16)19-3)9(6(2)20-5)21(17,18)12-4-7(13)10(14)15/h7,12-13H,4H2,1-3H3,(H,14,15). The topological polar surface area (TPSA) is 143 Å².